The highest BCUT2D eigenvalue weighted by atomic mass is 16.2. The maximum atomic E-state index is 13.2. The second kappa shape index (κ2) is 5.04. The van der Waals surface area contributed by atoms with Crippen LogP contribution in [0.1, 0.15) is 31.9 Å². The summed E-state index contributed by atoms with van der Waals surface area (Å²) in [5.74, 6) is -1.73. The van der Waals surface area contributed by atoms with Crippen LogP contribution < -0.4 is 10.2 Å². The highest BCUT2D eigenvalue weighted by Gasteiger charge is 2.62. The topological polar surface area (TPSA) is 66.5 Å². The first-order valence-corrected chi connectivity index (χ1v) is 8.66. The van der Waals surface area contributed by atoms with Crippen LogP contribution in [0.4, 0.5) is 5.69 Å². The largest absolute Gasteiger partial charge is 0.353 e. The van der Waals surface area contributed by atoms with Crippen LogP contribution in [0, 0.1) is 24.2 Å². The van der Waals surface area contributed by atoms with Gasteiger partial charge in [-0.15, -0.1) is 0 Å². The maximum absolute atomic E-state index is 13.2. The van der Waals surface area contributed by atoms with Gasteiger partial charge in [0.1, 0.15) is 6.04 Å². The number of anilines is 1. The minimum absolute atomic E-state index is 0.00308. The summed E-state index contributed by atoms with van der Waals surface area (Å²) in [7, 11) is 0. The van der Waals surface area contributed by atoms with Gasteiger partial charge in [0.25, 0.3) is 0 Å². The normalized spacial score (nSPS) is 30.0. The van der Waals surface area contributed by atoms with E-state index >= 15 is 0 Å². The molecule has 2 amide bonds. The fraction of sp³-hybridized carbons (Fsp3) is 0.450. The summed E-state index contributed by atoms with van der Waals surface area (Å²) in [6.45, 7) is 7.61. The number of hydrogen-bond donors (Lipinski definition) is 1. The molecule has 0 radical (unpaired) electrons. The molecule has 3 heterocycles. The molecular formula is C20H22N2O3. The number of hydrogen-bond acceptors (Lipinski definition) is 4. The number of rotatable bonds is 1. The van der Waals surface area contributed by atoms with E-state index in [1.807, 2.05) is 56.9 Å². The first-order valence-electron chi connectivity index (χ1n) is 8.66. The molecule has 5 nitrogen and oxygen atoms in total. The van der Waals surface area contributed by atoms with Gasteiger partial charge in [-0.1, -0.05) is 44.6 Å². The van der Waals surface area contributed by atoms with E-state index in [1.165, 1.54) is 0 Å². The quantitative estimate of drug-likeness (QED) is 0.796. The zero-order valence-corrected chi connectivity index (χ0v) is 14.9. The SMILES string of the molecule is Cc1ccc2c(c1)C=C[C@@H]1[C@@H]3C(=O)NC(=O)[C@H]3[C@H](C(=O)C(C)(C)C)N21. The Kier molecular flexibility index (Phi) is 3.24. The smallest absolute Gasteiger partial charge is 0.233 e. The Morgan fingerprint density at radius 1 is 1.12 bits per heavy atom. The van der Waals surface area contributed by atoms with Crippen molar-refractivity contribution in [3.05, 3.63) is 35.4 Å². The van der Waals surface area contributed by atoms with Crippen molar-refractivity contribution in [1.82, 2.24) is 5.32 Å². The summed E-state index contributed by atoms with van der Waals surface area (Å²) in [4.78, 5) is 40.1. The van der Waals surface area contributed by atoms with Crippen molar-refractivity contribution in [1.29, 1.82) is 0 Å². The van der Waals surface area contributed by atoms with Crippen LogP contribution in [0.3, 0.4) is 0 Å². The molecule has 0 spiro atoms. The van der Waals surface area contributed by atoms with Gasteiger partial charge in [-0.05, 0) is 24.6 Å². The lowest BCUT2D eigenvalue weighted by Crippen LogP contribution is -2.50. The Hall–Kier alpha value is -2.43. The molecule has 1 N–H and O–H groups in total. The number of benzene rings is 1. The molecule has 0 unspecified atom stereocenters. The van der Waals surface area contributed by atoms with Crippen LogP contribution in [0.25, 0.3) is 6.08 Å². The van der Waals surface area contributed by atoms with E-state index in [0.717, 1.165) is 16.8 Å². The zero-order valence-electron chi connectivity index (χ0n) is 14.9. The Balaban J connectivity index is 1.90. The first-order chi connectivity index (χ1) is 11.7. The van der Waals surface area contributed by atoms with Gasteiger partial charge in [-0.25, -0.2) is 0 Å². The fourth-order valence-electron chi connectivity index (χ4n) is 4.35. The van der Waals surface area contributed by atoms with E-state index in [2.05, 4.69) is 11.4 Å². The van der Waals surface area contributed by atoms with Gasteiger partial charge in [0.15, 0.2) is 5.78 Å². The van der Waals surface area contributed by atoms with Crippen molar-refractivity contribution in [3.63, 3.8) is 0 Å². The minimum Gasteiger partial charge on any atom is -0.353 e. The molecule has 4 rings (SSSR count). The van der Waals surface area contributed by atoms with E-state index in [9.17, 15) is 14.4 Å². The van der Waals surface area contributed by atoms with Crippen molar-refractivity contribution in [2.75, 3.05) is 4.90 Å². The van der Waals surface area contributed by atoms with E-state index in [0.29, 0.717) is 0 Å². The van der Waals surface area contributed by atoms with Crippen molar-refractivity contribution in [2.45, 2.75) is 39.8 Å². The predicted molar refractivity (Wildman–Crippen MR) is 94.9 cm³/mol. The number of carbonyl (C=O) groups excluding carboxylic acids is 3. The molecule has 5 heteroatoms. The third-order valence-corrected chi connectivity index (χ3v) is 5.51. The summed E-state index contributed by atoms with van der Waals surface area (Å²) in [6.07, 6.45) is 3.97. The molecule has 2 saturated heterocycles. The number of nitrogens with one attached hydrogen (secondary N) is 1. The van der Waals surface area contributed by atoms with Crippen molar-refractivity contribution in [2.24, 2.45) is 17.3 Å². The average Bonchev–Trinajstić information content (AvgIpc) is 3.01. The third kappa shape index (κ3) is 2.18. The highest BCUT2D eigenvalue weighted by Crippen LogP contribution is 2.47. The Morgan fingerprint density at radius 2 is 1.80 bits per heavy atom. The van der Waals surface area contributed by atoms with Gasteiger partial charge in [-0.2, -0.15) is 0 Å². The van der Waals surface area contributed by atoms with E-state index in [-0.39, 0.29) is 23.6 Å². The molecule has 4 atom stereocenters. The molecule has 2 fully saturated rings. The third-order valence-electron chi connectivity index (χ3n) is 5.51. The van der Waals surface area contributed by atoms with Gasteiger partial charge in [0, 0.05) is 11.1 Å². The molecule has 1 aromatic carbocycles. The van der Waals surface area contributed by atoms with E-state index in [1.54, 1.807) is 0 Å². The number of carbonyl (C=O) groups is 3. The minimum atomic E-state index is -0.624. The number of nitrogens with zero attached hydrogens (tertiary/aromatic N) is 1. The molecule has 0 bridgehead atoms. The monoisotopic (exact) mass is 338 g/mol. The van der Waals surface area contributed by atoms with Crippen LogP contribution in [0.15, 0.2) is 24.3 Å². The van der Waals surface area contributed by atoms with Crippen molar-refractivity contribution < 1.29 is 14.4 Å². The molecule has 1 aromatic rings. The zero-order chi connectivity index (χ0) is 18.1. The second-order valence-electron chi connectivity index (χ2n) is 8.28. The standard InChI is InChI=1S/C20H22N2O3/c1-10-5-7-12-11(9-10)6-8-13-14-15(19(25)21-18(14)24)16(22(12)13)17(23)20(2,3)4/h5-9,13-16H,1-4H3,(H,21,24,25)/t13-,14+,15-,16-/m1/s1. The summed E-state index contributed by atoms with van der Waals surface area (Å²) in [5, 5.41) is 2.43. The Morgan fingerprint density at radius 3 is 2.48 bits per heavy atom. The molecule has 3 aliphatic rings. The van der Waals surface area contributed by atoms with Gasteiger partial charge >= 0.3 is 0 Å². The van der Waals surface area contributed by atoms with Crippen LogP contribution >= 0.6 is 0 Å². The molecule has 25 heavy (non-hydrogen) atoms. The van der Waals surface area contributed by atoms with Gasteiger partial charge in [0.2, 0.25) is 11.8 Å². The summed E-state index contributed by atoms with van der Waals surface area (Å²) in [6, 6.07) is 5.18. The van der Waals surface area contributed by atoms with E-state index < -0.39 is 23.3 Å². The average molecular weight is 338 g/mol. The number of ketones is 1. The maximum Gasteiger partial charge on any atom is 0.233 e. The van der Waals surface area contributed by atoms with Crippen LogP contribution in [0.2, 0.25) is 0 Å². The molecule has 0 saturated carbocycles. The lowest BCUT2D eigenvalue weighted by molar-refractivity contribution is -0.132. The summed E-state index contributed by atoms with van der Waals surface area (Å²) < 4.78 is 0. The number of imide groups is 1. The summed E-state index contributed by atoms with van der Waals surface area (Å²) >= 11 is 0. The molecule has 0 aliphatic carbocycles. The Labute approximate surface area is 147 Å². The van der Waals surface area contributed by atoms with Crippen LogP contribution in [-0.4, -0.2) is 29.7 Å². The second-order valence-corrected chi connectivity index (χ2v) is 8.28. The number of Topliss-reactive ketones (excluding diaryl/α,β-unsaturated/α-hetero) is 1. The number of amides is 2. The molecular weight excluding hydrogens is 316 g/mol. The van der Waals surface area contributed by atoms with Crippen LogP contribution in [0.5, 0.6) is 0 Å². The predicted octanol–water partition coefficient (Wildman–Crippen LogP) is 2.08. The Bertz CT molecular complexity index is 834. The van der Waals surface area contributed by atoms with E-state index in [4.69, 9.17) is 0 Å². The number of fused-ring (bicyclic) bond motifs is 5. The van der Waals surface area contributed by atoms with Gasteiger partial charge in [0.05, 0.1) is 17.9 Å². The first kappa shape index (κ1) is 16.1. The van der Waals surface area contributed by atoms with Gasteiger partial charge < -0.3 is 4.90 Å². The fourth-order valence-corrected chi connectivity index (χ4v) is 4.35. The lowest BCUT2D eigenvalue weighted by atomic mass is 9.79. The van der Waals surface area contributed by atoms with Crippen molar-refractivity contribution >= 4 is 29.4 Å². The highest BCUT2D eigenvalue weighted by molar-refractivity contribution is 6.11. The summed E-state index contributed by atoms with van der Waals surface area (Å²) in [5.41, 5.74) is 2.49. The molecule has 3 aliphatic heterocycles. The molecule has 0 aromatic heterocycles. The lowest BCUT2D eigenvalue weighted by Gasteiger charge is -2.38. The van der Waals surface area contributed by atoms with Crippen LogP contribution in [-0.2, 0) is 14.4 Å². The number of aryl methyl sites for hydroxylation is 1. The molecule has 130 valence electrons. The van der Waals surface area contributed by atoms with Crippen molar-refractivity contribution in [3.8, 4) is 0 Å². The van der Waals surface area contributed by atoms with Gasteiger partial charge in [-0.3, -0.25) is 19.7 Å².